The van der Waals surface area contributed by atoms with Gasteiger partial charge in [-0.1, -0.05) is 47.7 Å². The van der Waals surface area contributed by atoms with Crippen LogP contribution in [0.15, 0.2) is 60.8 Å². The zero-order chi connectivity index (χ0) is 31.0. The molecule has 3 aromatic rings. The lowest BCUT2D eigenvalue weighted by Crippen LogP contribution is -2.42. The Labute approximate surface area is 248 Å². The summed E-state index contributed by atoms with van der Waals surface area (Å²) in [5.74, 6) is -3.47. The van der Waals surface area contributed by atoms with Gasteiger partial charge in [0, 0.05) is 19.3 Å². The highest BCUT2D eigenvalue weighted by Gasteiger charge is 2.22. The van der Waals surface area contributed by atoms with Crippen LogP contribution >= 0.6 is 0 Å². The van der Waals surface area contributed by atoms with Crippen LogP contribution in [0.1, 0.15) is 55.3 Å². The second-order valence-corrected chi connectivity index (χ2v) is 9.86. The number of hydrogen-bond donors (Lipinski definition) is 3. The van der Waals surface area contributed by atoms with E-state index in [4.69, 9.17) is 9.94 Å². The molecule has 0 fully saturated rings. The quantitative estimate of drug-likeness (QED) is 0.176. The molecule has 2 aromatic carbocycles. The van der Waals surface area contributed by atoms with Crippen molar-refractivity contribution in [2.45, 2.75) is 64.0 Å². The van der Waals surface area contributed by atoms with Gasteiger partial charge in [-0.3, -0.25) is 23.6 Å². The molecule has 0 spiro atoms. The van der Waals surface area contributed by atoms with Gasteiger partial charge in [-0.15, -0.1) is 5.10 Å². The molecule has 0 saturated carbocycles. The van der Waals surface area contributed by atoms with Crippen molar-refractivity contribution in [3.8, 4) is 5.69 Å². The van der Waals surface area contributed by atoms with Gasteiger partial charge in [0.15, 0.2) is 0 Å². The van der Waals surface area contributed by atoms with Crippen molar-refractivity contribution >= 4 is 23.8 Å². The van der Waals surface area contributed by atoms with Crippen molar-refractivity contribution in [1.82, 2.24) is 25.4 Å². The third-order valence-corrected chi connectivity index (χ3v) is 6.49. The van der Waals surface area contributed by atoms with Gasteiger partial charge in [0.25, 0.3) is 0 Å². The van der Waals surface area contributed by atoms with Crippen LogP contribution in [0.5, 0.6) is 0 Å². The number of carbonyl (C=O) groups is 4. The number of alkyl halides is 1. The van der Waals surface area contributed by atoms with Crippen molar-refractivity contribution in [2.75, 3.05) is 13.2 Å². The molecule has 1 heterocycles. The molecule has 0 radical (unpaired) electrons. The van der Waals surface area contributed by atoms with E-state index in [-0.39, 0.29) is 38.3 Å². The van der Waals surface area contributed by atoms with Gasteiger partial charge in [0.1, 0.15) is 12.6 Å². The van der Waals surface area contributed by atoms with Crippen LogP contribution in [-0.2, 0) is 43.5 Å². The summed E-state index contributed by atoms with van der Waals surface area (Å²) in [7, 11) is 0. The van der Waals surface area contributed by atoms with Gasteiger partial charge in [-0.05, 0) is 55.4 Å². The predicted octanol–water partition coefficient (Wildman–Crippen LogP) is 3.28. The van der Waals surface area contributed by atoms with Crippen molar-refractivity contribution in [1.29, 1.82) is 0 Å². The summed E-state index contributed by atoms with van der Waals surface area (Å²) in [6.45, 7) is -0.411. The number of halogens is 1. The number of benzene rings is 2. The van der Waals surface area contributed by atoms with Crippen LogP contribution in [-0.4, -0.2) is 73.3 Å². The van der Waals surface area contributed by atoms with E-state index in [9.17, 15) is 28.7 Å². The first-order valence-corrected chi connectivity index (χ1v) is 14.0. The Balaban J connectivity index is 1.53. The fourth-order valence-electron chi connectivity index (χ4n) is 4.15. The number of carboxylic acids is 2. The molecule has 1 atom stereocenters. The number of aliphatic carboxylic acids is 2. The highest BCUT2D eigenvalue weighted by molar-refractivity contribution is 5.84. The maximum atomic E-state index is 13.1. The summed E-state index contributed by atoms with van der Waals surface area (Å²) < 4.78 is 14.0. The number of amides is 2. The first kappa shape index (κ1) is 32.9. The van der Waals surface area contributed by atoms with E-state index >= 15 is 0 Å². The van der Waals surface area contributed by atoms with Gasteiger partial charge in [-0.25, -0.2) is 14.5 Å². The summed E-state index contributed by atoms with van der Waals surface area (Å²) in [5.41, 5.74) is 3.36. The second kappa shape index (κ2) is 17.3. The molecule has 43 heavy (non-hydrogen) atoms. The van der Waals surface area contributed by atoms with Crippen LogP contribution < -0.4 is 5.32 Å². The molecule has 0 saturated heterocycles. The Hall–Kier alpha value is -4.65. The molecule has 1 aromatic heterocycles. The Kier molecular flexibility index (Phi) is 13.3. The van der Waals surface area contributed by atoms with Crippen LogP contribution in [0.2, 0.25) is 0 Å². The molecule has 0 bridgehead atoms. The molecule has 1 unspecified atom stereocenters. The summed E-state index contributed by atoms with van der Waals surface area (Å²) >= 11 is 0. The van der Waals surface area contributed by atoms with Crippen molar-refractivity contribution in [2.24, 2.45) is 0 Å². The minimum atomic E-state index is -1.35. The average molecular weight is 598 g/mol. The van der Waals surface area contributed by atoms with E-state index in [1.807, 2.05) is 54.6 Å². The SMILES string of the molecule is O=C(O)CCC(NC(=O)CCN(OCc1ccccc1)C(=O)CCCc1ccc(-n2cc(CCCF)nn2)cc1)C(=O)O. The molecular weight excluding hydrogens is 561 g/mol. The van der Waals surface area contributed by atoms with E-state index in [0.717, 1.165) is 27.6 Å². The number of nitrogens with zero attached hydrogens (tertiary/aromatic N) is 4. The first-order chi connectivity index (χ1) is 20.7. The smallest absolute Gasteiger partial charge is 0.326 e. The Morgan fingerprint density at radius 2 is 1.67 bits per heavy atom. The van der Waals surface area contributed by atoms with Crippen molar-refractivity contribution in [3.05, 3.63) is 77.6 Å². The molecule has 13 heteroatoms. The summed E-state index contributed by atoms with van der Waals surface area (Å²) in [5, 5.41) is 29.7. The van der Waals surface area contributed by atoms with E-state index < -0.39 is 37.0 Å². The Bertz CT molecular complexity index is 1330. The highest BCUT2D eigenvalue weighted by atomic mass is 19.1. The van der Waals surface area contributed by atoms with Crippen molar-refractivity contribution in [3.63, 3.8) is 0 Å². The maximum Gasteiger partial charge on any atom is 0.326 e. The third kappa shape index (κ3) is 11.6. The number of aryl methyl sites for hydroxylation is 2. The van der Waals surface area contributed by atoms with E-state index in [1.54, 1.807) is 10.9 Å². The fourth-order valence-corrected chi connectivity index (χ4v) is 4.15. The summed E-state index contributed by atoms with van der Waals surface area (Å²) in [6, 6.07) is 15.5. The normalized spacial score (nSPS) is 11.6. The minimum Gasteiger partial charge on any atom is -0.481 e. The third-order valence-electron chi connectivity index (χ3n) is 6.49. The molecule has 12 nitrogen and oxygen atoms in total. The number of hydrogen-bond acceptors (Lipinski definition) is 7. The summed E-state index contributed by atoms with van der Waals surface area (Å²) in [4.78, 5) is 53.4. The lowest BCUT2D eigenvalue weighted by molar-refractivity contribution is -0.192. The van der Waals surface area contributed by atoms with Crippen LogP contribution in [0.3, 0.4) is 0 Å². The maximum absolute atomic E-state index is 13.1. The van der Waals surface area contributed by atoms with Gasteiger partial charge in [0.2, 0.25) is 11.8 Å². The zero-order valence-electron chi connectivity index (χ0n) is 23.7. The fraction of sp³-hybridized carbons (Fsp3) is 0.400. The molecule has 3 N–H and O–H groups in total. The van der Waals surface area contributed by atoms with Gasteiger partial charge < -0.3 is 15.5 Å². The average Bonchev–Trinajstić information content (AvgIpc) is 3.47. The lowest BCUT2D eigenvalue weighted by Gasteiger charge is -2.22. The van der Waals surface area contributed by atoms with E-state index in [1.165, 1.54) is 0 Å². The zero-order valence-corrected chi connectivity index (χ0v) is 23.7. The molecule has 3 rings (SSSR count). The standard InChI is InChI=1S/C30H36FN5O7/c31-18-5-9-24-20-35(34-33-24)25-13-11-22(12-14-25)8-4-10-28(38)36(43-21-23-6-2-1-3-7-23)19-17-27(37)32-26(30(41)42)15-16-29(39)40/h1-3,6-7,11-14,20,26H,4-5,8-10,15-19,21H2,(H,32,37)(H,39,40)(H,41,42). The number of hydroxylamine groups is 2. The monoisotopic (exact) mass is 597 g/mol. The molecule has 0 aliphatic heterocycles. The second-order valence-electron chi connectivity index (χ2n) is 9.86. The first-order valence-electron chi connectivity index (χ1n) is 14.0. The Morgan fingerprint density at radius 1 is 0.930 bits per heavy atom. The number of rotatable bonds is 19. The van der Waals surface area contributed by atoms with Gasteiger partial charge >= 0.3 is 11.9 Å². The van der Waals surface area contributed by atoms with E-state index in [0.29, 0.717) is 25.7 Å². The predicted molar refractivity (Wildman–Crippen MR) is 153 cm³/mol. The molecule has 0 aliphatic rings. The number of carbonyl (C=O) groups excluding carboxylic acids is 2. The van der Waals surface area contributed by atoms with Crippen LogP contribution in [0.4, 0.5) is 4.39 Å². The largest absolute Gasteiger partial charge is 0.481 e. The van der Waals surface area contributed by atoms with Crippen molar-refractivity contribution < 1.29 is 38.6 Å². The summed E-state index contributed by atoms with van der Waals surface area (Å²) in [6.07, 6.45) is 3.08. The Morgan fingerprint density at radius 3 is 2.35 bits per heavy atom. The van der Waals surface area contributed by atoms with Gasteiger partial charge in [0.05, 0.1) is 30.8 Å². The topological polar surface area (TPSA) is 164 Å². The van der Waals surface area contributed by atoms with Crippen LogP contribution in [0, 0.1) is 0 Å². The highest BCUT2D eigenvalue weighted by Crippen LogP contribution is 2.14. The molecular formula is C30H36FN5O7. The molecule has 230 valence electrons. The minimum absolute atomic E-state index is 0.101. The molecule has 2 amide bonds. The van der Waals surface area contributed by atoms with Crippen LogP contribution in [0.25, 0.3) is 5.69 Å². The van der Waals surface area contributed by atoms with E-state index in [2.05, 4.69) is 15.6 Å². The number of aromatic nitrogens is 3. The number of nitrogens with one attached hydrogen (secondary N) is 1. The van der Waals surface area contributed by atoms with Gasteiger partial charge in [-0.2, -0.15) is 0 Å². The number of carboxylic acid groups (broad SMARTS) is 2. The lowest BCUT2D eigenvalue weighted by atomic mass is 10.1. The molecule has 0 aliphatic carbocycles.